The van der Waals surface area contributed by atoms with Gasteiger partial charge in [-0.25, -0.2) is 0 Å². The van der Waals surface area contributed by atoms with E-state index in [0.717, 1.165) is 50.4 Å². The summed E-state index contributed by atoms with van der Waals surface area (Å²) in [7, 11) is 0. The second-order valence-electron chi connectivity index (χ2n) is 4.19. The summed E-state index contributed by atoms with van der Waals surface area (Å²) in [6.07, 6.45) is 1.96. The minimum atomic E-state index is 0.717. The number of benzene rings is 1. The van der Waals surface area contributed by atoms with Gasteiger partial charge in [-0.15, -0.1) is 0 Å². The zero-order valence-electron chi connectivity index (χ0n) is 10.6. The van der Waals surface area contributed by atoms with E-state index in [4.69, 9.17) is 11.5 Å². The maximum atomic E-state index is 5.49. The summed E-state index contributed by atoms with van der Waals surface area (Å²) in [5.41, 5.74) is 14.5. The van der Waals surface area contributed by atoms with Crippen LogP contribution < -0.4 is 22.1 Å². The van der Waals surface area contributed by atoms with Crippen LogP contribution in [0, 0.1) is 6.92 Å². The smallest absolute Gasteiger partial charge is 0.0578 e. The predicted octanol–water partition coefficient (Wildman–Crippen LogP) is 1.52. The van der Waals surface area contributed by atoms with Gasteiger partial charge in [-0.1, -0.05) is 6.07 Å². The molecule has 0 saturated heterocycles. The molecule has 0 aromatic heterocycles. The van der Waals surface area contributed by atoms with Crippen molar-refractivity contribution in [1.29, 1.82) is 0 Å². The molecule has 0 fully saturated rings. The summed E-state index contributed by atoms with van der Waals surface area (Å²) in [6, 6.07) is 6.37. The van der Waals surface area contributed by atoms with Crippen LogP contribution in [0.1, 0.15) is 18.4 Å². The molecule has 0 aliphatic heterocycles. The molecule has 0 atom stereocenters. The Labute approximate surface area is 104 Å². The van der Waals surface area contributed by atoms with Gasteiger partial charge in [0.25, 0.3) is 0 Å². The lowest BCUT2D eigenvalue weighted by molar-refractivity contribution is 0.867. The standard InChI is InChI=1S/C13H24N4/c1-11-4-5-12(16-8-2-6-14)13(10-11)17-9-3-7-15/h4-5,10,16-17H,2-3,6-9,14-15H2,1H3. The molecule has 0 spiro atoms. The molecule has 0 unspecified atom stereocenters. The van der Waals surface area contributed by atoms with Crippen molar-refractivity contribution in [2.24, 2.45) is 11.5 Å². The van der Waals surface area contributed by atoms with E-state index in [1.165, 1.54) is 5.56 Å². The largest absolute Gasteiger partial charge is 0.383 e. The molecular formula is C13H24N4. The average Bonchev–Trinajstić information content (AvgIpc) is 2.32. The maximum Gasteiger partial charge on any atom is 0.0578 e. The number of nitrogens with one attached hydrogen (secondary N) is 2. The highest BCUT2D eigenvalue weighted by Crippen LogP contribution is 2.22. The Balaban J connectivity index is 2.59. The van der Waals surface area contributed by atoms with Gasteiger partial charge in [0.05, 0.1) is 11.4 Å². The Morgan fingerprint density at radius 2 is 1.53 bits per heavy atom. The maximum absolute atomic E-state index is 5.49. The molecule has 96 valence electrons. The van der Waals surface area contributed by atoms with Gasteiger partial charge < -0.3 is 22.1 Å². The van der Waals surface area contributed by atoms with Gasteiger partial charge >= 0.3 is 0 Å². The summed E-state index contributed by atoms with van der Waals surface area (Å²) >= 11 is 0. The highest BCUT2D eigenvalue weighted by Gasteiger charge is 2.01. The van der Waals surface area contributed by atoms with E-state index in [-0.39, 0.29) is 0 Å². The van der Waals surface area contributed by atoms with Crippen LogP contribution >= 0.6 is 0 Å². The Bertz CT molecular complexity index is 325. The van der Waals surface area contributed by atoms with Crippen LogP contribution in [0.4, 0.5) is 11.4 Å². The monoisotopic (exact) mass is 236 g/mol. The third-order valence-corrected chi connectivity index (χ3v) is 2.57. The molecule has 1 aromatic carbocycles. The first kappa shape index (κ1) is 13.8. The second-order valence-corrected chi connectivity index (χ2v) is 4.19. The van der Waals surface area contributed by atoms with Crippen LogP contribution in [-0.2, 0) is 0 Å². The topological polar surface area (TPSA) is 76.1 Å². The number of hydrogen-bond donors (Lipinski definition) is 4. The highest BCUT2D eigenvalue weighted by molar-refractivity contribution is 5.69. The van der Waals surface area contributed by atoms with E-state index in [2.05, 4.69) is 35.8 Å². The lowest BCUT2D eigenvalue weighted by Gasteiger charge is -2.14. The molecule has 4 heteroatoms. The van der Waals surface area contributed by atoms with Gasteiger partial charge in [0.2, 0.25) is 0 Å². The van der Waals surface area contributed by atoms with Gasteiger partial charge in [0.1, 0.15) is 0 Å². The molecule has 0 saturated carbocycles. The first-order valence-electron chi connectivity index (χ1n) is 6.26. The van der Waals surface area contributed by atoms with Crippen molar-refractivity contribution in [2.75, 3.05) is 36.8 Å². The van der Waals surface area contributed by atoms with E-state index >= 15 is 0 Å². The SMILES string of the molecule is Cc1ccc(NCCCN)c(NCCCN)c1. The third kappa shape index (κ3) is 5.06. The molecule has 1 rings (SSSR count). The van der Waals surface area contributed by atoms with E-state index in [1.54, 1.807) is 0 Å². The van der Waals surface area contributed by atoms with Crippen molar-refractivity contribution in [2.45, 2.75) is 19.8 Å². The molecule has 17 heavy (non-hydrogen) atoms. The van der Waals surface area contributed by atoms with Crippen LogP contribution in [0.2, 0.25) is 0 Å². The first-order valence-corrected chi connectivity index (χ1v) is 6.26. The molecule has 1 aromatic rings. The summed E-state index contributed by atoms with van der Waals surface area (Å²) in [5, 5.41) is 6.80. The normalized spacial score (nSPS) is 10.3. The number of rotatable bonds is 8. The number of anilines is 2. The zero-order valence-corrected chi connectivity index (χ0v) is 10.6. The summed E-state index contributed by atoms with van der Waals surface area (Å²) in [4.78, 5) is 0. The molecule has 0 bridgehead atoms. The van der Waals surface area contributed by atoms with Crippen molar-refractivity contribution >= 4 is 11.4 Å². The van der Waals surface area contributed by atoms with Crippen molar-refractivity contribution < 1.29 is 0 Å². The van der Waals surface area contributed by atoms with Crippen LogP contribution in [0.5, 0.6) is 0 Å². The van der Waals surface area contributed by atoms with E-state index < -0.39 is 0 Å². The molecule has 0 radical (unpaired) electrons. The quantitative estimate of drug-likeness (QED) is 0.516. The average molecular weight is 236 g/mol. The van der Waals surface area contributed by atoms with Gasteiger partial charge in [-0.2, -0.15) is 0 Å². The molecule has 4 nitrogen and oxygen atoms in total. The molecule has 0 aliphatic carbocycles. The molecular weight excluding hydrogens is 212 g/mol. The van der Waals surface area contributed by atoms with Crippen LogP contribution in [0.3, 0.4) is 0 Å². The van der Waals surface area contributed by atoms with E-state index in [0.29, 0.717) is 0 Å². The Morgan fingerprint density at radius 1 is 0.941 bits per heavy atom. The Kier molecular flexibility index (Phi) is 6.43. The Hall–Kier alpha value is -1.26. The third-order valence-electron chi connectivity index (χ3n) is 2.57. The lowest BCUT2D eigenvalue weighted by Crippen LogP contribution is -2.12. The van der Waals surface area contributed by atoms with Gasteiger partial charge in [-0.3, -0.25) is 0 Å². The van der Waals surface area contributed by atoms with Crippen molar-refractivity contribution in [3.8, 4) is 0 Å². The summed E-state index contributed by atoms with van der Waals surface area (Å²) in [5.74, 6) is 0. The first-order chi connectivity index (χ1) is 8.27. The van der Waals surface area contributed by atoms with Gasteiger partial charge in [-0.05, 0) is 50.6 Å². The van der Waals surface area contributed by atoms with Gasteiger partial charge in [0.15, 0.2) is 0 Å². The zero-order chi connectivity index (χ0) is 12.5. The fourth-order valence-electron chi connectivity index (χ4n) is 1.61. The Morgan fingerprint density at radius 3 is 2.12 bits per heavy atom. The minimum absolute atomic E-state index is 0.717. The molecule has 0 amide bonds. The second kappa shape index (κ2) is 7.92. The number of nitrogens with two attached hydrogens (primary N) is 2. The number of aryl methyl sites for hydroxylation is 1. The van der Waals surface area contributed by atoms with Gasteiger partial charge in [0, 0.05) is 13.1 Å². The molecule has 0 heterocycles. The van der Waals surface area contributed by atoms with E-state index in [1.807, 2.05) is 0 Å². The summed E-state index contributed by atoms with van der Waals surface area (Å²) < 4.78 is 0. The van der Waals surface area contributed by atoms with Crippen LogP contribution in [0.15, 0.2) is 18.2 Å². The highest BCUT2D eigenvalue weighted by atomic mass is 14.9. The van der Waals surface area contributed by atoms with Crippen molar-refractivity contribution in [1.82, 2.24) is 0 Å². The predicted molar refractivity (Wildman–Crippen MR) is 75.5 cm³/mol. The van der Waals surface area contributed by atoms with Crippen molar-refractivity contribution in [3.05, 3.63) is 23.8 Å². The fourth-order valence-corrected chi connectivity index (χ4v) is 1.61. The molecule has 0 aliphatic rings. The minimum Gasteiger partial charge on any atom is -0.383 e. The fraction of sp³-hybridized carbons (Fsp3) is 0.538. The summed E-state index contributed by atoms with van der Waals surface area (Å²) in [6.45, 7) is 5.35. The number of hydrogen-bond acceptors (Lipinski definition) is 4. The lowest BCUT2D eigenvalue weighted by atomic mass is 10.2. The van der Waals surface area contributed by atoms with Crippen molar-refractivity contribution in [3.63, 3.8) is 0 Å². The van der Waals surface area contributed by atoms with Crippen LogP contribution in [-0.4, -0.2) is 26.2 Å². The van der Waals surface area contributed by atoms with E-state index in [9.17, 15) is 0 Å². The molecule has 6 N–H and O–H groups in total. The van der Waals surface area contributed by atoms with Crippen LogP contribution in [0.25, 0.3) is 0 Å².